The molecule has 0 saturated carbocycles. The molecular formula is C29H23NO. The molecule has 0 bridgehead atoms. The fraction of sp³-hybridized carbons (Fsp3) is 0.0690. The molecule has 0 amide bonds. The fourth-order valence-electron chi connectivity index (χ4n) is 3.72. The zero-order valence-corrected chi connectivity index (χ0v) is 17.7. The number of aryl methyl sites for hydroxylation is 2. The highest BCUT2D eigenvalue weighted by molar-refractivity contribution is 6.16. The highest BCUT2D eigenvalue weighted by atomic mass is 16.5. The van der Waals surface area contributed by atoms with E-state index in [1.165, 1.54) is 16.7 Å². The van der Waals surface area contributed by atoms with Crippen LogP contribution in [-0.4, -0.2) is 6.21 Å². The molecule has 0 spiro atoms. The van der Waals surface area contributed by atoms with Crippen LogP contribution in [0.3, 0.4) is 0 Å². The molecule has 0 aromatic heterocycles. The Balaban J connectivity index is 1.54. The van der Waals surface area contributed by atoms with Crippen LogP contribution in [0.4, 0.5) is 5.69 Å². The SMILES string of the molecule is Cc1ccc(C2=CC(=CC=C3C=Nc4ccccc43)OC(c3ccc(C)cc3)=C2)cc1. The van der Waals surface area contributed by atoms with Crippen molar-refractivity contribution < 1.29 is 4.74 Å². The molecule has 0 aliphatic carbocycles. The van der Waals surface area contributed by atoms with Gasteiger partial charge in [-0.25, -0.2) is 0 Å². The third kappa shape index (κ3) is 4.06. The van der Waals surface area contributed by atoms with Crippen LogP contribution in [0.2, 0.25) is 0 Å². The van der Waals surface area contributed by atoms with Crippen molar-refractivity contribution in [3.63, 3.8) is 0 Å². The van der Waals surface area contributed by atoms with E-state index in [0.29, 0.717) is 0 Å². The van der Waals surface area contributed by atoms with Gasteiger partial charge in [-0.2, -0.15) is 0 Å². The summed E-state index contributed by atoms with van der Waals surface area (Å²) in [5, 5.41) is 0. The van der Waals surface area contributed by atoms with Crippen LogP contribution in [0.1, 0.15) is 27.8 Å². The van der Waals surface area contributed by atoms with Gasteiger partial charge >= 0.3 is 0 Å². The Kier molecular flexibility index (Phi) is 4.97. The zero-order chi connectivity index (χ0) is 21.2. The average Bonchev–Trinajstić information content (AvgIpc) is 3.22. The summed E-state index contributed by atoms with van der Waals surface area (Å²) in [6, 6.07) is 25.2. The third-order valence-electron chi connectivity index (χ3n) is 5.52. The Morgan fingerprint density at radius 3 is 2.13 bits per heavy atom. The topological polar surface area (TPSA) is 21.6 Å². The van der Waals surface area contributed by atoms with Gasteiger partial charge in [-0.15, -0.1) is 0 Å². The van der Waals surface area contributed by atoms with Gasteiger partial charge < -0.3 is 4.74 Å². The second-order valence-electron chi connectivity index (χ2n) is 7.91. The normalized spacial score (nSPS) is 17.4. The number of hydrogen-bond donors (Lipinski definition) is 0. The maximum Gasteiger partial charge on any atom is 0.135 e. The molecule has 3 aromatic rings. The number of rotatable bonds is 3. The largest absolute Gasteiger partial charge is 0.457 e. The molecule has 2 aliphatic heterocycles. The van der Waals surface area contributed by atoms with Crippen molar-refractivity contribution in [2.75, 3.05) is 0 Å². The molecule has 2 heterocycles. The average molecular weight is 402 g/mol. The van der Waals surface area contributed by atoms with Gasteiger partial charge in [0.1, 0.15) is 11.5 Å². The fourth-order valence-corrected chi connectivity index (χ4v) is 3.72. The van der Waals surface area contributed by atoms with Crippen molar-refractivity contribution in [1.82, 2.24) is 0 Å². The minimum Gasteiger partial charge on any atom is -0.457 e. The molecule has 2 heteroatoms. The molecule has 2 aliphatic rings. The summed E-state index contributed by atoms with van der Waals surface area (Å²) in [6.07, 6.45) is 10.2. The van der Waals surface area contributed by atoms with Crippen LogP contribution in [0.5, 0.6) is 0 Å². The van der Waals surface area contributed by atoms with Crippen LogP contribution in [0, 0.1) is 13.8 Å². The molecule has 5 rings (SSSR count). The third-order valence-corrected chi connectivity index (χ3v) is 5.52. The van der Waals surface area contributed by atoms with Gasteiger partial charge in [0.2, 0.25) is 0 Å². The molecule has 0 fully saturated rings. The maximum absolute atomic E-state index is 6.29. The van der Waals surface area contributed by atoms with E-state index in [0.717, 1.165) is 39.5 Å². The number of fused-ring (bicyclic) bond motifs is 1. The summed E-state index contributed by atoms with van der Waals surface area (Å²) < 4.78 is 6.29. The van der Waals surface area contributed by atoms with Gasteiger partial charge in [0, 0.05) is 22.9 Å². The van der Waals surface area contributed by atoms with Gasteiger partial charge in [-0.05, 0) is 55.4 Å². The molecule has 0 unspecified atom stereocenters. The molecule has 3 aromatic carbocycles. The van der Waals surface area contributed by atoms with Crippen molar-refractivity contribution in [2.24, 2.45) is 4.99 Å². The van der Waals surface area contributed by atoms with Gasteiger partial charge in [0.05, 0.1) is 5.69 Å². The highest BCUT2D eigenvalue weighted by Crippen LogP contribution is 2.34. The number of para-hydroxylation sites is 1. The molecular weight excluding hydrogens is 378 g/mol. The van der Waals surface area contributed by atoms with E-state index in [9.17, 15) is 0 Å². The van der Waals surface area contributed by atoms with E-state index in [1.54, 1.807) is 0 Å². The summed E-state index contributed by atoms with van der Waals surface area (Å²) in [4.78, 5) is 4.50. The van der Waals surface area contributed by atoms with Crippen molar-refractivity contribution >= 4 is 28.8 Å². The van der Waals surface area contributed by atoms with Gasteiger partial charge in [-0.3, -0.25) is 4.99 Å². The first kappa shape index (κ1) is 19.1. The smallest absolute Gasteiger partial charge is 0.135 e. The lowest BCUT2D eigenvalue weighted by Crippen LogP contribution is -1.99. The predicted molar refractivity (Wildman–Crippen MR) is 130 cm³/mol. The van der Waals surface area contributed by atoms with Gasteiger partial charge in [0.25, 0.3) is 0 Å². The second kappa shape index (κ2) is 8.08. The van der Waals surface area contributed by atoms with E-state index in [2.05, 4.69) is 91.7 Å². The summed E-state index contributed by atoms with van der Waals surface area (Å²) >= 11 is 0. The van der Waals surface area contributed by atoms with E-state index in [-0.39, 0.29) is 0 Å². The molecule has 0 atom stereocenters. The summed E-state index contributed by atoms with van der Waals surface area (Å²) in [5.41, 5.74) is 9.09. The lowest BCUT2D eigenvalue weighted by atomic mass is 9.99. The molecule has 31 heavy (non-hydrogen) atoms. The number of benzene rings is 3. The van der Waals surface area contributed by atoms with Crippen LogP contribution < -0.4 is 0 Å². The predicted octanol–water partition coefficient (Wildman–Crippen LogP) is 7.44. The summed E-state index contributed by atoms with van der Waals surface area (Å²) in [5.74, 6) is 1.65. The minimum absolute atomic E-state index is 0.805. The van der Waals surface area contributed by atoms with Crippen molar-refractivity contribution in [3.05, 3.63) is 131 Å². The summed E-state index contributed by atoms with van der Waals surface area (Å²) in [7, 11) is 0. The highest BCUT2D eigenvalue weighted by Gasteiger charge is 2.15. The van der Waals surface area contributed by atoms with E-state index >= 15 is 0 Å². The first-order valence-electron chi connectivity index (χ1n) is 10.5. The standard InChI is InChI=1S/C29H23NO/c1-20-7-11-22(12-8-20)25-17-26(31-29(18-25)23-13-9-21(2)10-14-23)16-15-24-19-30-28-6-4-3-5-27(24)28/h3-19H,1-2H3. The molecule has 0 saturated heterocycles. The number of ether oxygens (including phenoxy) is 1. The lowest BCUT2D eigenvalue weighted by Gasteiger charge is -2.18. The Hall–Kier alpha value is -3.91. The maximum atomic E-state index is 6.29. The quantitative estimate of drug-likeness (QED) is 0.447. The van der Waals surface area contributed by atoms with E-state index in [4.69, 9.17) is 4.74 Å². The molecule has 0 N–H and O–H groups in total. The van der Waals surface area contributed by atoms with Crippen LogP contribution in [-0.2, 0) is 4.74 Å². The Morgan fingerprint density at radius 2 is 1.39 bits per heavy atom. The molecule has 2 nitrogen and oxygen atoms in total. The summed E-state index contributed by atoms with van der Waals surface area (Å²) in [6.45, 7) is 4.20. The zero-order valence-electron chi connectivity index (χ0n) is 17.7. The van der Waals surface area contributed by atoms with Crippen LogP contribution in [0.25, 0.3) is 16.9 Å². The van der Waals surface area contributed by atoms with Crippen molar-refractivity contribution in [1.29, 1.82) is 0 Å². The first-order chi connectivity index (χ1) is 15.2. The number of aliphatic imine (C=N–C) groups is 1. The van der Waals surface area contributed by atoms with E-state index in [1.807, 2.05) is 30.5 Å². The van der Waals surface area contributed by atoms with Crippen molar-refractivity contribution in [2.45, 2.75) is 13.8 Å². The monoisotopic (exact) mass is 401 g/mol. The van der Waals surface area contributed by atoms with Gasteiger partial charge in [0.15, 0.2) is 0 Å². The first-order valence-corrected chi connectivity index (χ1v) is 10.5. The van der Waals surface area contributed by atoms with Crippen molar-refractivity contribution in [3.8, 4) is 0 Å². The number of nitrogens with zero attached hydrogens (tertiary/aromatic N) is 1. The number of allylic oxidation sites excluding steroid dienone is 6. The molecule has 0 radical (unpaired) electrons. The second-order valence-corrected chi connectivity index (χ2v) is 7.91. The number of hydrogen-bond acceptors (Lipinski definition) is 2. The Labute approximate surface area is 183 Å². The minimum atomic E-state index is 0.805. The van der Waals surface area contributed by atoms with E-state index < -0.39 is 0 Å². The van der Waals surface area contributed by atoms with Crippen LogP contribution >= 0.6 is 0 Å². The Morgan fingerprint density at radius 1 is 0.710 bits per heavy atom. The van der Waals surface area contributed by atoms with Gasteiger partial charge in [-0.1, -0.05) is 77.9 Å². The van der Waals surface area contributed by atoms with Crippen LogP contribution in [0.15, 0.2) is 108 Å². The molecule has 150 valence electrons. The lowest BCUT2D eigenvalue weighted by molar-refractivity contribution is 0.398. The Bertz CT molecular complexity index is 1280.